The largest absolute Gasteiger partial charge is 0.490 e. The normalized spacial score (nSPS) is 16.7. The number of fused-ring (bicyclic) bond motifs is 3. The number of carbonyl (C=O) groups excluding carboxylic acids is 1. The first-order valence-electron chi connectivity index (χ1n) is 14.7. The zero-order valence-electron chi connectivity index (χ0n) is 23.9. The van der Waals surface area contributed by atoms with Crippen LogP contribution in [0.3, 0.4) is 0 Å². The second-order valence-corrected chi connectivity index (χ2v) is 12.2. The number of aromatic nitrogens is 3. The molecule has 2 aromatic carbocycles. The SMILES string of the molecule is CC(C)(Cc1c[nH]c2c(CCc3cnccn3)cccc12)NCC(O)COc1cccc2c1C1(CCCC1)C(=O)N2. The molecule has 8 heteroatoms. The number of amides is 1. The molecule has 8 nitrogen and oxygen atoms in total. The van der Waals surface area contributed by atoms with Crippen LogP contribution in [0.1, 0.15) is 61.9 Å². The lowest BCUT2D eigenvalue weighted by Crippen LogP contribution is -2.46. The van der Waals surface area contributed by atoms with Crippen molar-refractivity contribution in [1.82, 2.24) is 20.3 Å². The lowest BCUT2D eigenvalue weighted by molar-refractivity contribution is -0.120. The van der Waals surface area contributed by atoms with Crippen molar-refractivity contribution >= 4 is 22.5 Å². The number of aliphatic hydroxyl groups is 1. The highest BCUT2D eigenvalue weighted by Gasteiger charge is 2.50. The van der Waals surface area contributed by atoms with Gasteiger partial charge in [-0.25, -0.2) is 0 Å². The van der Waals surface area contributed by atoms with Gasteiger partial charge in [0, 0.05) is 59.0 Å². The number of β-amino-alcohol motifs (C(OH)–C–C–N with tert-alkyl or cyclic N) is 1. The first-order chi connectivity index (χ1) is 19.8. The fourth-order valence-corrected chi connectivity index (χ4v) is 6.59. The van der Waals surface area contributed by atoms with Crippen LogP contribution in [0.15, 0.2) is 61.2 Å². The van der Waals surface area contributed by atoms with E-state index in [-0.39, 0.29) is 18.1 Å². The minimum atomic E-state index is -0.689. The zero-order chi connectivity index (χ0) is 28.5. The lowest BCUT2D eigenvalue weighted by Gasteiger charge is -2.28. The number of benzene rings is 2. The number of hydrogen-bond acceptors (Lipinski definition) is 6. The molecule has 41 heavy (non-hydrogen) atoms. The summed E-state index contributed by atoms with van der Waals surface area (Å²) in [5, 5.41) is 18.7. The number of aromatic amines is 1. The Labute approximate surface area is 241 Å². The van der Waals surface area contributed by atoms with Crippen molar-refractivity contribution in [3.63, 3.8) is 0 Å². The van der Waals surface area contributed by atoms with Crippen LogP contribution < -0.4 is 15.4 Å². The van der Waals surface area contributed by atoms with Crippen molar-refractivity contribution in [3.05, 3.63) is 83.6 Å². The van der Waals surface area contributed by atoms with Gasteiger partial charge in [0.05, 0.1) is 11.1 Å². The molecule has 0 radical (unpaired) electrons. The van der Waals surface area contributed by atoms with Gasteiger partial charge in [0.15, 0.2) is 0 Å². The van der Waals surface area contributed by atoms with E-state index in [1.54, 1.807) is 12.4 Å². The molecule has 1 saturated carbocycles. The molecule has 0 bridgehead atoms. The fourth-order valence-electron chi connectivity index (χ4n) is 6.59. The summed E-state index contributed by atoms with van der Waals surface area (Å²) in [4.78, 5) is 24.9. The van der Waals surface area contributed by atoms with Crippen LogP contribution in [0.25, 0.3) is 10.9 Å². The van der Waals surface area contributed by atoms with Crippen molar-refractivity contribution in [3.8, 4) is 5.75 Å². The van der Waals surface area contributed by atoms with Crippen LogP contribution >= 0.6 is 0 Å². The van der Waals surface area contributed by atoms with Gasteiger partial charge in [-0.2, -0.15) is 0 Å². The third-order valence-electron chi connectivity index (χ3n) is 8.68. The molecule has 6 rings (SSSR count). The molecule has 0 saturated heterocycles. The summed E-state index contributed by atoms with van der Waals surface area (Å²) in [5.41, 5.74) is 5.75. The van der Waals surface area contributed by atoms with E-state index < -0.39 is 11.5 Å². The Hall–Kier alpha value is -3.75. The van der Waals surface area contributed by atoms with Crippen LogP contribution in [0.2, 0.25) is 0 Å². The molecule has 1 aliphatic heterocycles. The molecule has 1 amide bonds. The van der Waals surface area contributed by atoms with E-state index in [0.29, 0.717) is 12.3 Å². The van der Waals surface area contributed by atoms with Gasteiger partial charge < -0.3 is 25.5 Å². The molecule has 1 spiro atoms. The zero-order valence-corrected chi connectivity index (χ0v) is 23.9. The smallest absolute Gasteiger partial charge is 0.235 e. The Morgan fingerprint density at radius 3 is 2.73 bits per heavy atom. The summed E-state index contributed by atoms with van der Waals surface area (Å²) < 4.78 is 6.15. The van der Waals surface area contributed by atoms with E-state index in [1.165, 1.54) is 22.0 Å². The Kier molecular flexibility index (Phi) is 7.53. The summed E-state index contributed by atoms with van der Waals surface area (Å²) in [6, 6.07) is 12.2. The van der Waals surface area contributed by atoms with Crippen molar-refractivity contribution < 1.29 is 14.6 Å². The molecule has 1 atom stereocenters. The van der Waals surface area contributed by atoms with Gasteiger partial charge >= 0.3 is 0 Å². The number of nitrogens with one attached hydrogen (secondary N) is 3. The van der Waals surface area contributed by atoms with Crippen molar-refractivity contribution in [2.75, 3.05) is 18.5 Å². The molecule has 2 aromatic heterocycles. The fraction of sp³-hybridized carbons (Fsp3) is 0.424. The highest BCUT2D eigenvalue weighted by molar-refractivity contribution is 6.07. The Balaban J connectivity index is 1.06. The van der Waals surface area contributed by atoms with Crippen LogP contribution in [-0.2, 0) is 29.5 Å². The summed E-state index contributed by atoms with van der Waals surface area (Å²) in [5.74, 6) is 0.787. The second kappa shape index (κ2) is 11.3. The lowest BCUT2D eigenvalue weighted by atomic mass is 9.79. The number of anilines is 1. The highest BCUT2D eigenvalue weighted by atomic mass is 16.5. The number of ether oxygens (including phenoxy) is 1. The Morgan fingerprint density at radius 2 is 1.93 bits per heavy atom. The first kappa shape index (κ1) is 27.4. The van der Waals surface area contributed by atoms with Crippen LogP contribution in [-0.4, -0.2) is 50.8 Å². The topological polar surface area (TPSA) is 112 Å². The first-order valence-corrected chi connectivity index (χ1v) is 14.7. The molecular formula is C33H39N5O3. The standard InChI is InChI=1S/C33H39N5O3/c1-32(2,17-23-18-36-30-22(7-5-8-26(23)30)11-12-24-19-34-15-16-35-24)37-20-25(39)21-41-28-10-6-9-27-29(28)33(31(40)38-27)13-3-4-14-33/h5-10,15-16,18-19,25,36-37,39H,3-4,11-14,17,20-21H2,1-2H3,(H,38,40). The van der Waals surface area contributed by atoms with E-state index in [0.717, 1.165) is 61.9 Å². The van der Waals surface area contributed by atoms with Gasteiger partial charge in [-0.05, 0) is 69.2 Å². The number of aryl methyl sites for hydroxylation is 2. The number of aliphatic hydroxyl groups excluding tert-OH is 1. The summed E-state index contributed by atoms with van der Waals surface area (Å²) >= 11 is 0. The molecule has 1 unspecified atom stereocenters. The van der Waals surface area contributed by atoms with Crippen molar-refractivity contribution in [1.29, 1.82) is 0 Å². The van der Waals surface area contributed by atoms with Gasteiger partial charge in [0.25, 0.3) is 0 Å². The quantitative estimate of drug-likeness (QED) is 0.211. The number of hydrogen-bond donors (Lipinski definition) is 4. The Morgan fingerprint density at radius 1 is 1.10 bits per heavy atom. The van der Waals surface area contributed by atoms with Gasteiger partial charge in [0.1, 0.15) is 18.5 Å². The van der Waals surface area contributed by atoms with E-state index in [4.69, 9.17) is 4.74 Å². The molecule has 4 aromatic rings. The van der Waals surface area contributed by atoms with E-state index in [9.17, 15) is 9.90 Å². The van der Waals surface area contributed by atoms with Gasteiger partial charge in [-0.1, -0.05) is 37.1 Å². The molecular weight excluding hydrogens is 514 g/mol. The second-order valence-electron chi connectivity index (χ2n) is 12.2. The predicted molar refractivity (Wildman–Crippen MR) is 160 cm³/mol. The maximum atomic E-state index is 12.8. The van der Waals surface area contributed by atoms with Crippen molar-refractivity contribution in [2.24, 2.45) is 0 Å². The number of rotatable bonds is 11. The summed E-state index contributed by atoms with van der Waals surface area (Å²) in [6.07, 6.45) is 13.0. The maximum Gasteiger partial charge on any atom is 0.235 e. The summed E-state index contributed by atoms with van der Waals surface area (Å²) in [6.45, 7) is 4.87. The summed E-state index contributed by atoms with van der Waals surface area (Å²) in [7, 11) is 0. The third-order valence-corrected chi connectivity index (χ3v) is 8.68. The highest BCUT2D eigenvalue weighted by Crippen LogP contribution is 2.52. The molecule has 3 heterocycles. The van der Waals surface area contributed by atoms with Crippen LogP contribution in [0, 0.1) is 0 Å². The third kappa shape index (κ3) is 5.59. The predicted octanol–water partition coefficient (Wildman–Crippen LogP) is 4.86. The van der Waals surface area contributed by atoms with Gasteiger partial charge in [-0.3, -0.25) is 14.8 Å². The molecule has 214 valence electrons. The van der Waals surface area contributed by atoms with E-state index in [2.05, 4.69) is 63.8 Å². The van der Waals surface area contributed by atoms with E-state index >= 15 is 0 Å². The molecule has 1 fully saturated rings. The minimum Gasteiger partial charge on any atom is -0.490 e. The monoisotopic (exact) mass is 553 g/mol. The number of carbonyl (C=O) groups is 1. The van der Waals surface area contributed by atoms with Gasteiger partial charge in [-0.15, -0.1) is 0 Å². The van der Waals surface area contributed by atoms with Crippen LogP contribution in [0.4, 0.5) is 5.69 Å². The number of nitrogens with zero attached hydrogens (tertiary/aromatic N) is 2. The van der Waals surface area contributed by atoms with E-state index in [1.807, 2.05) is 24.4 Å². The average molecular weight is 554 g/mol. The minimum absolute atomic E-state index is 0.0833. The molecule has 1 aliphatic carbocycles. The van der Waals surface area contributed by atoms with Gasteiger partial charge in [0.2, 0.25) is 5.91 Å². The van der Waals surface area contributed by atoms with Crippen LogP contribution in [0.5, 0.6) is 5.75 Å². The number of para-hydroxylation sites is 1. The maximum absolute atomic E-state index is 12.8. The number of H-pyrrole nitrogens is 1. The Bertz CT molecular complexity index is 1520. The van der Waals surface area contributed by atoms with Crippen molar-refractivity contribution in [2.45, 2.75) is 75.9 Å². The average Bonchev–Trinajstić information content (AvgIpc) is 3.69. The molecule has 2 aliphatic rings. The molecule has 4 N–H and O–H groups in total.